The molecule has 12 heteroatoms. The van der Waals surface area contributed by atoms with Crippen LogP contribution in [0.1, 0.15) is 66.4 Å². The number of esters is 1. The largest absolute Gasteiger partial charge is 0.460 e. The standard InChI is InChI=1S/C25H36N2O9S/c1-15(13-20(29)11-12-21(17(3)28)37(33,34)35)22(30)26-16(2)23(31)27-19-9-7-18(8-10-19)14-36-24(32)25(4,5)6/h7-10,15-16,21H,11-14H2,1-6H3,(H,26,30)(H,27,31)(H,33,34,35)/t15-,16+,21?/m1/s1. The summed E-state index contributed by atoms with van der Waals surface area (Å²) < 4.78 is 36.8. The molecule has 11 nitrogen and oxygen atoms in total. The second-order valence-electron chi connectivity index (χ2n) is 10.0. The van der Waals surface area contributed by atoms with Crippen molar-refractivity contribution in [3.63, 3.8) is 0 Å². The van der Waals surface area contributed by atoms with Gasteiger partial charge in [-0.05, 0) is 58.7 Å². The predicted molar refractivity (Wildman–Crippen MR) is 136 cm³/mol. The summed E-state index contributed by atoms with van der Waals surface area (Å²) in [5, 5.41) is 3.50. The van der Waals surface area contributed by atoms with Gasteiger partial charge in [0, 0.05) is 24.4 Å². The average Bonchev–Trinajstić information content (AvgIpc) is 2.76. The second kappa shape index (κ2) is 13.4. The highest BCUT2D eigenvalue weighted by atomic mass is 32.2. The van der Waals surface area contributed by atoms with Gasteiger partial charge >= 0.3 is 5.97 Å². The van der Waals surface area contributed by atoms with Crippen LogP contribution in [-0.2, 0) is 45.4 Å². The van der Waals surface area contributed by atoms with Crippen molar-refractivity contribution < 1.29 is 41.7 Å². The molecular formula is C25H36N2O9S. The fourth-order valence-electron chi connectivity index (χ4n) is 3.11. The van der Waals surface area contributed by atoms with Crippen molar-refractivity contribution in [3.8, 4) is 0 Å². The van der Waals surface area contributed by atoms with Gasteiger partial charge in [0.05, 0.1) is 5.41 Å². The summed E-state index contributed by atoms with van der Waals surface area (Å²) in [6.45, 7) is 9.32. The fourth-order valence-corrected chi connectivity index (χ4v) is 3.95. The van der Waals surface area contributed by atoms with E-state index in [4.69, 9.17) is 9.29 Å². The Morgan fingerprint density at radius 1 is 1.00 bits per heavy atom. The number of rotatable bonds is 13. The van der Waals surface area contributed by atoms with Crippen molar-refractivity contribution in [2.24, 2.45) is 11.3 Å². The Bertz CT molecular complexity index is 1110. The Morgan fingerprint density at radius 3 is 2.05 bits per heavy atom. The van der Waals surface area contributed by atoms with Gasteiger partial charge in [0.2, 0.25) is 11.8 Å². The van der Waals surface area contributed by atoms with Gasteiger partial charge in [-0.2, -0.15) is 8.42 Å². The molecule has 0 aliphatic rings. The Kier molecular flexibility index (Phi) is 11.6. The van der Waals surface area contributed by atoms with Gasteiger partial charge in [-0.25, -0.2) is 0 Å². The maximum atomic E-state index is 12.5. The van der Waals surface area contributed by atoms with Crippen LogP contribution < -0.4 is 10.6 Å². The number of hydrogen-bond donors (Lipinski definition) is 3. The van der Waals surface area contributed by atoms with Crippen LogP contribution in [0.4, 0.5) is 5.69 Å². The Hall–Kier alpha value is -3.12. The molecule has 0 spiro atoms. The Labute approximate surface area is 217 Å². The number of amides is 2. The molecule has 1 unspecified atom stereocenters. The summed E-state index contributed by atoms with van der Waals surface area (Å²) in [4.78, 5) is 60.3. The number of carbonyl (C=O) groups excluding carboxylic acids is 5. The van der Waals surface area contributed by atoms with Crippen molar-refractivity contribution >= 4 is 45.2 Å². The van der Waals surface area contributed by atoms with Gasteiger partial charge in [0.25, 0.3) is 10.1 Å². The lowest BCUT2D eigenvalue weighted by atomic mass is 9.97. The first kappa shape index (κ1) is 31.9. The second-order valence-corrected chi connectivity index (χ2v) is 11.6. The summed E-state index contributed by atoms with van der Waals surface area (Å²) in [5.74, 6) is -3.41. The number of anilines is 1. The van der Waals surface area contributed by atoms with E-state index >= 15 is 0 Å². The molecule has 0 radical (unpaired) electrons. The van der Waals surface area contributed by atoms with E-state index in [1.54, 1.807) is 45.0 Å². The SMILES string of the molecule is CC(=O)C(CCC(=O)C[C@@H](C)C(=O)N[C@@H](C)C(=O)Nc1ccc(COC(=O)C(C)(C)C)cc1)S(=O)(=O)O. The number of hydrogen-bond acceptors (Lipinski definition) is 8. The lowest BCUT2D eigenvalue weighted by Gasteiger charge is -2.18. The summed E-state index contributed by atoms with van der Waals surface area (Å²) in [6, 6.07) is 5.74. The highest BCUT2D eigenvalue weighted by Gasteiger charge is 2.29. The first-order valence-corrected chi connectivity index (χ1v) is 13.3. The van der Waals surface area contributed by atoms with Crippen LogP contribution in [0.25, 0.3) is 0 Å². The minimum absolute atomic E-state index is 0.0959. The normalized spacial score (nSPS) is 14.1. The van der Waals surface area contributed by atoms with E-state index in [9.17, 15) is 32.4 Å². The molecule has 0 bridgehead atoms. The zero-order valence-electron chi connectivity index (χ0n) is 22.0. The van der Waals surface area contributed by atoms with Crippen molar-refractivity contribution in [3.05, 3.63) is 29.8 Å². The van der Waals surface area contributed by atoms with Crippen LogP contribution in [-0.4, -0.2) is 53.6 Å². The first-order chi connectivity index (χ1) is 16.9. The van der Waals surface area contributed by atoms with Gasteiger partial charge in [0.15, 0.2) is 0 Å². The molecule has 3 atom stereocenters. The maximum Gasteiger partial charge on any atom is 0.311 e. The minimum Gasteiger partial charge on any atom is -0.460 e. The van der Waals surface area contributed by atoms with E-state index in [0.29, 0.717) is 5.69 Å². The van der Waals surface area contributed by atoms with Crippen LogP contribution in [0.15, 0.2) is 24.3 Å². The Morgan fingerprint density at radius 2 is 1.57 bits per heavy atom. The fraction of sp³-hybridized carbons (Fsp3) is 0.560. The molecular weight excluding hydrogens is 504 g/mol. The Balaban J connectivity index is 2.54. The molecule has 0 saturated carbocycles. The van der Waals surface area contributed by atoms with Crippen molar-refractivity contribution in [2.45, 2.75) is 78.7 Å². The van der Waals surface area contributed by atoms with Crippen LogP contribution >= 0.6 is 0 Å². The smallest absolute Gasteiger partial charge is 0.311 e. The first-order valence-electron chi connectivity index (χ1n) is 11.8. The molecule has 1 rings (SSSR count). The summed E-state index contributed by atoms with van der Waals surface area (Å²) in [5.41, 5.74) is 0.599. The maximum absolute atomic E-state index is 12.5. The lowest BCUT2D eigenvalue weighted by molar-refractivity contribution is -0.154. The molecule has 37 heavy (non-hydrogen) atoms. The molecule has 0 heterocycles. The quantitative estimate of drug-likeness (QED) is 0.251. The van der Waals surface area contributed by atoms with Gasteiger partial charge < -0.3 is 15.4 Å². The van der Waals surface area contributed by atoms with E-state index < -0.39 is 56.1 Å². The molecule has 0 fully saturated rings. The van der Waals surface area contributed by atoms with E-state index in [1.165, 1.54) is 13.8 Å². The average molecular weight is 541 g/mol. The van der Waals surface area contributed by atoms with Crippen LogP contribution in [0.3, 0.4) is 0 Å². The van der Waals surface area contributed by atoms with E-state index in [1.807, 2.05) is 0 Å². The molecule has 0 aromatic heterocycles. The number of benzene rings is 1. The highest BCUT2D eigenvalue weighted by molar-refractivity contribution is 7.87. The van der Waals surface area contributed by atoms with Crippen molar-refractivity contribution in [1.82, 2.24) is 5.32 Å². The third kappa shape index (κ3) is 11.2. The number of Topliss-reactive ketones (excluding diaryl/α,β-unsaturated/α-hetero) is 2. The molecule has 0 aliphatic carbocycles. The minimum atomic E-state index is -4.62. The van der Waals surface area contributed by atoms with Gasteiger partial charge in [-0.3, -0.25) is 28.5 Å². The molecule has 1 aromatic carbocycles. The van der Waals surface area contributed by atoms with Crippen LogP contribution in [0.2, 0.25) is 0 Å². The predicted octanol–water partition coefficient (Wildman–Crippen LogP) is 2.44. The van der Waals surface area contributed by atoms with E-state index in [2.05, 4.69) is 10.6 Å². The number of ketones is 2. The zero-order chi connectivity index (χ0) is 28.6. The molecule has 3 N–H and O–H groups in total. The van der Waals surface area contributed by atoms with Gasteiger partial charge in [-0.1, -0.05) is 19.1 Å². The third-order valence-corrected chi connectivity index (χ3v) is 6.72. The monoisotopic (exact) mass is 540 g/mol. The summed E-state index contributed by atoms with van der Waals surface area (Å²) in [7, 11) is -4.62. The lowest BCUT2D eigenvalue weighted by Crippen LogP contribution is -2.44. The van der Waals surface area contributed by atoms with Crippen molar-refractivity contribution in [1.29, 1.82) is 0 Å². The van der Waals surface area contributed by atoms with Gasteiger partial charge in [0.1, 0.15) is 29.5 Å². The van der Waals surface area contributed by atoms with Crippen LogP contribution in [0.5, 0.6) is 0 Å². The zero-order valence-corrected chi connectivity index (χ0v) is 22.8. The molecule has 0 aliphatic heterocycles. The molecule has 1 aromatic rings. The van der Waals surface area contributed by atoms with E-state index in [0.717, 1.165) is 12.5 Å². The van der Waals surface area contributed by atoms with Gasteiger partial charge in [-0.15, -0.1) is 0 Å². The van der Waals surface area contributed by atoms with Crippen molar-refractivity contribution in [2.75, 3.05) is 5.32 Å². The summed E-state index contributed by atoms with van der Waals surface area (Å²) in [6.07, 6.45) is -0.904. The number of carbonyl (C=O) groups is 5. The third-order valence-electron chi connectivity index (χ3n) is 5.44. The number of ether oxygens (including phenoxy) is 1. The highest BCUT2D eigenvalue weighted by Crippen LogP contribution is 2.18. The molecule has 206 valence electrons. The topological polar surface area (TPSA) is 173 Å². The number of nitrogens with one attached hydrogen (secondary N) is 2. The van der Waals surface area contributed by atoms with E-state index in [-0.39, 0.29) is 31.8 Å². The summed E-state index contributed by atoms with van der Waals surface area (Å²) >= 11 is 0. The molecule has 2 amide bonds. The molecule has 0 saturated heterocycles. The van der Waals surface area contributed by atoms with Crippen LogP contribution in [0, 0.1) is 11.3 Å².